The van der Waals surface area contributed by atoms with Gasteiger partial charge in [-0.15, -0.1) is 11.8 Å². The van der Waals surface area contributed by atoms with E-state index in [4.69, 9.17) is 11.6 Å². The topological polar surface area (TPSA) is 0 Å². The summed E-state index contributed by atoms with van der Waals surface area (Å²) in [5.74, 6) is 1.18. The van der Waals surface area contributed by atoms with Gasteiger partial charge in [-0.3, -0.25) is 0 Å². The molecule has 1 aliphatic carbocycles. The van der Waals surface area contributed by atoms with Crippen LogP contribution < -0.4 is 0 Å². The summed E-state index contributed by atoms with van der Waals surface area (Å²) in [6, 6.07) is 8.18. The fraction of sp³-hybridized carbons (Fsp3) is 0.600. The van der Waals surface area contributed by atoms with Crippen molar-refractivity contribution in [2.24, 2.45) is 5.41 Å². The highest BCUT2D eigenvalue weighted by Gasteiger charge is 2.30. The molecule has 1 saturated carbocycles. The molecule has 0 heterocycles. The summed E-state index contributed by atoms with van der Waals surface area (Å²) in [7, 11) is 0. The smallest absolute Gasteiger partial charge is 0.0541 e. The SMILES string of the molecule is Clc1ccccc1SCC1(CBr)CCCCCC1. The largest absolute Gasteiger partial charge is 0.124 e. The van der Waals surface area contributed by atoms with Gasteiger partial charge in [0.1, 0.15) is 0 Å². The highest BCUT2D eigenvalue weighted by molar-refractivity contribution is 9.09. The van der Waals surface area contributed by atoms with E-state index in [0.717, 1.165) is 10.4 Å². The third-order valence-corrected chi connectivity index (χ3v) is 6.87. The van der Waals surface area contributed by atoms with Crippen molar-refractivity contribution in [2.45, 2.75) is 43.4 Å². The van der Waals surface area contributed by atoms with E-state index in [0.29, 0.717) is 5.41 Å². The van der Waals surface area contributed by atoms with Gasteiger partial charge in [0, 0.05) is 16.0 Å². The zero-order chi connectivity index (χ0) is 12.8. The molecule has 0 N–H and O–H groups in total. The van der Waals surface area contributed by atoms with E-state index >= 15 is 0 Å². The molecule has 100 valence electrons. The Morgan fingerprint density at radius 1 is 1.11 bits per heavy atom. The first kappa shape index (κ1) is 14.7. The van der Waals surface area contributed by atoms with Crippen molar-refractivity contribution in [2.75, 3.05) is 11.1 Å². The van der Waals surface area contributed by atoms with Gasteiger partial charge in [-0.1, -0.05) is 65.3 Å². The third kappa shape index (κ3) is 3.91. The zero-order valence-electron chi connectivity index (χ0n) is 10.6. The van der Waals surface area contributed by atoms with Gasteiger partial charge < -0.3 is 0 Å². The van der Waals surface area contributed by atoms with Gasteiger partial charge in [0.05, 0.1) is 5.02 Å². The molecule has 3 heteroatoms. The lowest BCUT2D eigenvalue weighted by atomic mass is 9.85. The van der Waals surface area contributed by atoms with Crippen LogP contribution >= 0.6 is 39.3 Å². The van der Waals surface area contributed by atoms with Crippen molar-refractivity contribution in [3.63, 3.8) is 0 Å². The summed E-state index contributed by atoms with van der Waals surface area (Å²) in [5.41, 5.74) is 0.473. The number of rotatable bonds is 4. The number of hydrogen-bond donors (Lipinski definition) is 0. The number of benzene rings is 1. The molecule has 0 bridgehead atoms. The second-order valence-electron chi connectivity index (χ2n) is 5.27. The minimum Gasteiger partial charge on any atom is -0.124 e. The molecule has 0 aromatic heterocycles. The molecule has 0 amide bonds. The molecule has 0 spiro atoms. The summed E-state index contributed by atoms with van der Waals surface area (Å²) >= 11 is 11.9. The van der Waals surface area contributed by atoms with Crippen molar-refractivity contribution < 1.29 is 0 Å². The highest BCUT2D eigenvalue weighted by atomic mass is 79.9. The molecular weight excluding hydrogens is 328 g/mol. The van der Waals surface area contributed by atoms with Crippen molar-refractivity contribution in [1.29, 1.82) is 0 Å². The van der Waals surface area contributed by atoms with E-state index in [9.17, 15) is 0 Å². The fourth-order valence-corrected chi connectivity index (χ4v) is 5.14. The van der Waals surface area contributed by atoms with E-state index in [1.54, 1.807) is 0 Å². The van der Waals surface area contributed by atoms with Crippen LogP contribution in [0, 0.1) is 5.41 Å². The molecule has 0 aliphatic heterocycles. The maximum absolute atomic E-state index is 6.23. The van der Waals surface area contributed by atoms with Gasteiger partial charge >= 0.3 is 0 Å². The van der Waals surface area contributed by atoms with Crippen molar-refractivity contribution in [3.8, 4) is 0 Å². The minimum atomic E-state index is 0.473. The van der Waals surface area contributed by atoms with Gasteiger partial charge in [0.15, 0.2) is 0 Å². The molecule has 1 aromatic carbocycles. The first-order valence-corrected chi connectivity index (χ1v) is 9.18. The lowest BCUT2D eigenvalue weighted by Gasteiger charge is -2.30. The molecule has 0 radical (unpaired) electrons. The zero-order valence-corrected chi connectivity index (χ0v) is 13.8. The maximum atomic E-state index is 6.23. The van der Waals surface area contributed by atoms with E-state index in [-0.39, 0.29) is 0 Å². The van der Waals surface area contributed by atoms with Crippen LogP contribution in [0.25, 0.3) is 0 Å². The Morgan fingerprint density at radius 3 is 2.39 bits per heavy atom. The first-order chi connectivity index (χ1) is 8.76. The van der Waals surface area contributed by atoms with Crippen molar-refractivity contribution in [1.82, 2.24) is 0 Å². The Kier molecular flexibility index (Phi) is 5.91. The molecule has 2 rings (SSSR count). The molecule has 1 aliphatic rings. The van der Waals surface area contributed by atoms with Crippen LogP contribution in [0.4, 0.5) is 0 Å². The van der Waals surface area contributed by atoms with Crippen LogP contribution in [0.3, 0.4) is 0 Å². The predicted molar refractivity (Wildman–Crippen MR) is 86.1 cm³/mol. The second kappa shape index (κ2) is 7.21. The summed E-state index contributed by atoms with van der Waals surface area (Å²) < 4.78 is 0. The number of halogens is 2. The summed E-state index contributed by atoms with van der Waals surface area (Å²) in [4.78, 5) is 1.23. The van der Waals surface area contributed by atoms with Crippen molar-refractivity contribution in [3.05, 3.63) is 29.3 Å². The average molecular weight is 348 g/mol. The van der Waals surface area contributed by atoms with Crippen LogP contribution in [0.2, 0.25) is 5.02 Å². The van der Waals surface area contributed by atoms with Crippen LogP contribution in [0.1, 0.15) is 38.5 Å². The Balaban J connectivity index is 2.00. The van der Waals surface area contributed by atoms with Crippen LogP contribution in [0.15, 0.2) is 29.2 Å². The number of thioether (sulfide) groups is 1. The molecule has 0 atom stereocenters. The van der Waals surface area contributed by atoms with Crippen LogP contribution in [0.5, 0.6) is 0 Å². The summed E-state index contributed by atoms with van der Waals surface area (Å²) in [6.07, 6.45) is 8.30. The average Bonchev–Trinajstić information content (AvgIpc) is 2.64. The van der Waals surface area contributed by atoms with Gasteiger partial charge in [-0.25, -0.2) is 0 Å². The molecule has 1 aromatic rings. The second-order valence-corrected chi connectivity index (χ2v) is 7.25. The van der Waals surface area contributed by atoms with Gasteiger partial charge in [-0.2, -0.15) is 0 Å². The quantitative estimate of drug-likeness (QED) is 0.356. The Labute approximate surface area is 128 Å². The van der Waals surface area contributed by atoms with E-state index in [1.807, 2.05) is 23.9 Å². The van der Waals surface area contributed by atoms with Gasteiger partial charge in [0.2, 0.25) is 0 Å². The molecule has 0 nitrogen and oxygen atoms in total. The van der Waals surface area contributed by atoms with E-state index in [2.05, 4.69) is 28.1 Å². The molecule has 1 fully saturated rings. The van der Waals surface area contributed by atoms with Gasteiger partial charge in [-0.05, 0) is 30.4 Å². The van der Waals surface area contributed by atoms with E-state index in [1.165, 1.54) is 49.2 Å². The molecule has 18 heavy (non-hydrogen) atoms. The number of alkyl halides is 1. The van der Waals surface area contributed by atoms with E-state index < -0.39 is 0 Å². The van der Waals surface area contributed by atoms with Crippen LogP contribution in [-0.4, -0.2) is 11.1 Å². The first-order valence-electron chi connectivity index (χ1n) is 6.69. The molecular formula is C15H20BrClS. The fourth-order valence-electron chi connectivity index (χ4n) is 2.59. The minimum absolute atomic E-state index is 0.473. The lowest BCUT2D eigenvalue weighted by molar-refractivity contribution is 0.334. The predicted octanol–water partition coefficient (Wildman–Crippen LogP) is 6.17. The van der Waals surface area contributed by atoms with Gasteiger partial charge in [0.25, 0.3) is 0 Å². The normalized spacial score (nSPS) is 19.4. The van der Waals surface area contributed by atoms with Crippen LogP contribution in [-0.2, 0) is 0 Å². The summed E-state index contributed by atoms with van der Waals surface area (Å²) in [5, 5.41) is 2.01. The monoisotopic (exact) mass is 346 g/mol. The number of hydrogen-bond acceptors (Lipinski definition) is 1. The molecule has 0 saturated heterocycles. The Bertz CT molecular complexity index is 373. The maximum Gasteiger partial charge on any atom is 0.0541 e. The standard InChI is InChI=1S/C15H20BrClS/c16-11-15(9-5-1-2-6-10-15)12-18-14-8-4-3-7-13(14)17/h3-4,7-8H,1-2,5-6,9-12H2. The lowest BCUT2D eigenvalue weighted by Crippen LogP contribution is -2.25. The highest BCUT2D eigenvalue weighted by Crippen LogP contribution is 2.42. The Hall–Kier alpha value is 0.340. The summed E-state index contributed by atoms with van der Waals surface area (Å²) in [6.45, 7) is 0. The Morgan fingerprint density at radius 2 is 1.78 bits per heavy atom. The molecule has 0 unspecified atom stereocenters. The third-order valence-electron chi connectivity index (χ3n) is 3.82. The van der Waals surface area contributed by atoms with Crippen molar-refractivity contribution >= 4 is 39.3 Å².